The highest BCUT2D eigenvalue weighted by Gasteiger charge is 2.75. The Morgan fingerprint density at radius 1 is 1.24 bits per heavy atom. The maximum atomic E-state index is 14.7. The lowest BCUT2D eigenvalue weighted by Crippen LogP contribution is -2.55. The molecule has 214 valence electrons. The number of aliphatic hydroxyl groups excluding tert-OH is 1. The van der Waals surface area contributed by atoms with Crippen LogP contribution in [0.5, 0.6) is 0 Å². The van der Waals surface area contributed by atoms with Crippen LogP contribution in [0.25, 0.3) is 11.0 Å². The van der Waals surface area contributed by atoms with Crippen molar-refractivity contribution in [2.45, 2.75) is 48.5 Å². The number of carbonyl (C=O) groups is 3. The third-order valence-electron chi connectivity index (χ3n) is 8.61. The van der Waals surface area contributed by atoms with E-state index in [1.807, 2.05) is 54.6 Å². The largest absolute Gasteiger partial charge is 0.466 e. The molecule has 2 unspecified atom stereocenters. The predicted molar refractivity (Wildman–Crippen MR) is 153 cm³/mol. The van der Waals surface area contributed by atoms with E-state index < -0.39 is 34.6 Å². The van der Waals surface area contributed by atoms with Gasteiger partial charge in [-0.3, -0.25) is 14.4 Å². The average molecular weight is 576 g/mol. The van der Waals surface area contributed by atoms with Gasteiger partial charge in [-0.25, -0.2) is 4.68 Å². The van der Waals surface area contributed by atoms with Crippen LogP contribution in [0, 0.1) is 11.8 Å². The zero-order valence-electron chi connectivity index (χ0n) is 22.8. The van der Waals surface area contributed by atoms with E-state index in [1.165, 1.54) is 0 Å². The number of nitrogens with zero attached hydrogens (tertiary/aromatic N) is 5. The second-order valence-corrected chi connectivity index (χ2v) is 12.3. The minimum atomic E-state index is -0.901. The van der Waals surface area contributed by atoms with Crippen molar-refractivity contribution in [3.05, 3.63) is 72.8 Å². The minimum absolute atomic E-state index is 0.100. The van der Waals surface area contributed by atoms with Crippen molar-refractivity contribution >= 4 is 40.6 Å². The monoisotopic (exact) mass is 575 g/mol. The van der Waals surface area contributed by atoms with Gasteiger partial charge in [-0.2, -0.15) is 0 Å². The molecule has 1 spiro atoms. The number of rotatable bonds is 10. The molecule has 0 radical (unpaired) electrons. The smallest absolute Gasteiger partial charge is 0.310 e. The first-order valence-electron chi connectivity index (χ1n) is 14.0. The molecule has 1 aromatic heterocycles. The zero-order chi connectivity index (χ0) is 28.7. The molecule has 3 aliphatic rings. The van der Waals surface area contributed by atoms with Crippen LogP contribution >= 0.6 is 11.8 Å². The van der Waals surface area contributed by atoms with E-state index in [2.05, 4.69) is 16.9 Å². The Kier molecular flexibility index (Phi) is 7.33. The first kappa shape index (κ1) is 27.5. The number of aromatic nitrogens is 3. The number of esters is 1. The number of aliphatic hydroxyl groups is 1. The summed E-state index contributed by atoms with van der Waals surface area (Å²) >= 11 is 1.57. The Labute approximate surface area is 242 Å². The molecule has 11 heteroatoms. The Morgan fingerprint density at radius 3 is 2.73 bits per heavy atom. The number of carbonyl (C=O) groups excluding carboxylic acids is 3. The van der Waals surface area contributed by atoms with Gasteiger partial charge in [0.1, 0.15) is 18.2 Å². The minimum Gasteiger partial charge on any atom is -0.466 e. The highest BCUT2D eigenvalue weighted by molar-refractivity contribution is 8.02. The van der Waals surface area contributed by atoms with E-state index in [-0.39, 0.29) is 43.5 Å². The van der Waals surface area contributed by atoms with Gasteiger partial charge >= 0.3 is 5.97 Å². The lowest BCUT2D eigenvalue weighted by molar-refractivity contribution is -0.154. The maximum Gasteiger partial charge on any atom is 0.310 e. The number of hydrogen-bond donors (Lipinski definition) is 1. The molecule has 3 aliphatic heterocycles. The van der Waals surface area contributed by atoms with Crippen LogP contribution < -0.4 is 0 Å². The summed E-state index contributed by atoms with van der Waals surface area (Å²) in [5.74, 6) is -2.30. The van der Waals surface area contributed by atoms with Gasteiger partial charge in [0.15, 0.2) is 0 Å². The van der Waals surface area contributed by atoms with Gasteiger partial charge in [-0.15, -0.1) is 23.4 Å². The molecule has 1 N–H and O–H groups in total. The van der Waals surface area contributed by atoms with Gasteiger partial charge in [0, 0.05) is 11.8 Å². The van der Waals surface area contributed by atoms with Crippen molar-refractivity contribution < 1.29 is 24.2 Å². The standard InChI is InChI=1S/C30H33N5O5S/c1-3-16-33(18-34-21-13-9-8-12-20(21)31-32-34)28(38)26-30-15-14-23(41-30)24(29(39)40-4-2)25(30)27(37)35(26)22(17-36)19-10-6-5-7-11-19/h3,5-13,22-26,36H,1,4,14-18H2,2H3/t22-,23-,24+,25+,26?,30?/m1/s1. The molecule has 2 bridgehead atoms. The van der Waals surface area contributed by atoms with Crippen molar-refractivity contribution in [1.82, 2.24) is 24.8 Å². The second kappa shape index (κ2) is 10.9. The molecule has 6 rings (SSSR count). The average Bonchev–Trinajstić information content (AvgIpc) is 3.74. The number of fused-ring (bicyclic) bond motifs is 2. The molecule has 2 amide bonds. The molecule has 0 saturated carbocycles. The van der Waals surface area contributed by atoms with E-state index in [1.54, 1.807) is 39.2 Å². The quantitative estimate of drug-likeness (QED) is 0.290. The second-order valence-electron chi connectivity index (χ2n) is 10.7. The Balaban J connectivity index is 1.44. The van der Waals surface area contributed by atoms with Gasteiger partial charge in [0.2, 0.25) is 11.8 Å². The Hall–Kier alpha value is -3.70. The lowest BCUT2D eigenvalue weighted by Gasteiger charge is -2.39. The van der Waals surface area contributed by atoms with Gasteiger partial charge in [-0.1, -0.05) is 53.8 Å². The SMILES string of the molecule is C=CCN(Cn1nnc2ccccc21)C(=O)C1N([C@H](CO)c2ccccc2)C(=O)[C@@H]2[C@@H](C(=O)OCC)[C@H]3CCC12S3. The van der Waals surface area contributed by atoms with Gasteiger partial charge in [0.25, 0.3) is 0 Å². The van der Waals surface area contributed by atoms with Crippen molar-refractivity contribution in [3.8, 4) is 0 Å². The molecule has 10 nitrogen and oxygen atoms in total. The van der Waals surface area contributed by atoms with Crippen LogP contribution in [0.15, 0.2) is 67.3 Å². The zero-order valence-corrected chi connectivity index (χ0v) is 23.7. The number of thioether (sulfide) groups is 1. The van der Waals surface area contributed by atoms with Gasteiger partial charge < -0.3 is 19.6 Å². The summed E-state index contributed by atoms with van der Waals surface area (Å²) in [6, 6.07) is 15.1. The third-order valence-corrected chi connectivity index (χ3v) is 10.6. The van der Waals surface area contributed by atoms with Crippen LogP contribution in [0.4, 0.5) is 0 Å². The van der Waals surface area contributed by atoms with Crippen LogP contribution in [0.3, 0.4) is 0 Å². The van der Waals surface area contributed by atoms with Crippen LogP contribution in [0.1, 0.15) is 31.4 Å². The molecular formula is C30H33N5O5S. The molecular weight excluding hydrogens is 542 g/mol. The fourth-order valence-corrected chi connectivity index (χ4v) is 9.16. The van der Waals surface area contributed by atoms with Crippen molar-refractivity contribution in [3.63, 3.8) is 0 Å². The van der Waals surface area contributed by atoms with Crippen molar-refractivity contribution in [1.29, 1.82) is 0 Å². The highest BCUT2D eigenvalue weighted by atomic mass is 32.2. The fourth-order valence-electron chi connectivity index (χ4n) is 6.97. The molecule has 0 aliphatic carbocycles. The first-order valence-corrected chi connectivity index (χ1v) is 14.8. The number of hydrogen-bond acceptors (Lipinski definition) is 8. The third kappa shape index (κ3) is 4.33. The topological polar surface area (TPSA) is 118 Å². The summed E-state index contributed by atoms with van der Waals surface area (Å²) in [7, 11) is 0. The molecule has 3 fully saturated rings. The van der Waals surface area contributed by atoms with Gasteiger partial charge in [-0.05, 0) is 37.5 Å². The summed E-state index contributed by atoms with van der Waals surface area (Å²) in [5.41, 5.74) is 2.21. The lowest BCUT2D eigenvalue weighted by atomic mass is 9.71. The van der Waals surface area contributed by atoms with Gasteiger partial charge in [0.05, 0.1) is 41.4 Å². The first-order chi connectivity index (χ1) is 19.9. The van der Waals surface area contributed by atoms with E-state index >= 15 is 0 Å². The van der Waals surface area contributed by atoms with E-state index in [0.717, 1.165) is 11.1 Å². The Bertz CT molecular complexity index is 1480. The normalized spacial score (nSPS) is 27.2. The number of likely N-dealkylation sites (tertiary alicyclic amines) is 1. The summed E-state index contributed by atoms with van der Waals surface area (Å²) in [6.07, 6.45) is 2.97. The summed E-state index contributed by atoms with van der Waals surface area (Å²) in [4.78, 5) is 45.6. The molecule has 6 atom stereocenters. The van der Waals surface area contributed by atoms with Crippen molar-refractivity contribution in [2.24, 2.45) is 11.8 Å². The van der Waals surface area contributed by atoms with E-state index in [0.29, 0.717) is 18.4 Å². The van der Waals surface area contributed by atoms with Crippen LogP contribution in [-0.2, 0) is 25.8 Å². The fraction of sp³-hybridized carbons (Fsp3) is 0.433. The van der Waals surface area contributed by atoms with Crippen molar-refractivity contribution in [2.75, 3.05) is 19.8 Å². The molecule has 3 aromatic rings. The maximum absolute atomic E-state index is 14.7. The van der Waals surface area contributed by atoms with E-state index in [9.17, 15) is 19.5 Å². The molecule has 41 heavy (non-hydrogen) atoms. The van der Waals surface area contributed by atoms with Crippen LogP contribution in [0.2, 0.25) is 0 Å². The number of benzene rings is 2. The molecule has 4 heterocycles. The summed E-state index contributed by atoms with van der Waals surface area (Å²) in [5, 5.41) is 19.1. The summed E-state index contributed by atoms with van der Waals surface area (Å²) < 4.78 is 6.28. The Morgan fingerprint density at radius 2 is 2.00 bits per heavy atom. The molecule has 2 aromatic carbocycles. The predicted octanol–water partition coefficient (Wildman–Crippen LogP) is 2.79. The number of para-hydroxylation sites is 1. The summed E-state index contributed by atoms with van der Waals surface area (Å²) in [6.45, 7) is 5.80. The highest BCUT2D eigenvalue weighted by Crippen LogP contribution is 2.67. The number of amides is 2. The number of ether oxygens (including phenoxy) is 1. The van der Waals surface area contributed by atoms with E-state index in [4.69, 9.17) is 4.74 Å². The molecule has 3 saturated heterocycles. The van der Waals surface area contributed by atoms with Crippen LogP contribution in [-0.4, -0.2) is 83.5 Å².